The number of ether oxygens (including phenoxy) is 2. The Morgan fingerprint density at radius 3 is 2.20 bits per heavy atom. The Morgan fingerprint density at radius 1 is 1.07 bits per heavy atom. The summed E-state index contributed by atoms with van der Waals surface area (Å²) in [6, 6.07) is 12.8. The fraction of sp³-hybridized carbons (Fsp3) is 0.361. The van der Waals surface area contributed by atoms with Gasteiger partial charge < -0.3 is 14.4 Å². The van der Waals surface area contributed by atoms with Crippen LogP contribution in [0.3, 0.4) is 0 Å². The molecule has 2 heterocycles. The summed E-state index contributed by atoms with van der Waals surface area (Å²) in [5, 5.41) is 18.4. The van der Waals surface area contributed by atoms with Gasteiger partial charge in [0.15, 0.2) is 11.3 Å². The molecule has 1 aliphatic heterocycles. The number of nitriles is 2. The number of hydrogen-bond acceptors (Lipinski definition) is 6. The summed E-state index contributed by atoms with van der Waals surface area (Å²) in [5.41, 5.74) is -1.70. The van der Waals surface area contributed by atoms with Gasteiger partial charge in [-0.3, -0.25) is 0 Å². The number of alkyl halides is 3. The highest BCUT2D eigenvalue weighted by Gasteiger charge is 2.60. The number of anilines is 1. The van der Waals surface area contributed by atoms with Crippen molar-refractivity contribution in [3.63, 3.8) is 0 Å². The number of allylic oxidation sites excluding steroid dienone is 1. The minimum atomic E-state index is -4.91. The molecule has 46 heavy (non-hydrogen) atoms. The van der Waals surface area contributed by atoms with Crippen LogP contribution < -0.4 is 9.64 Å². The number of unbranched alkanes of at least 4 members (excludes halogenated alkanes) is 2. The van der Waals surface area contributed by atoms with Crippen molar-refractivity contribution in [1.29, 1.82) is 10.5 Å². The van der Waals surface area contributed by atoms with E-state index in [1.807, 2.05) is 31.2 Å². The average molecular weight is 647 g/mol. The van der Waals surface area contributed by atoms with Crippen molar-refractivity contribution in [3.05, 3.63) is 97.9 Å². The molecule has 0 N–H and O–H groups in total. The second-order valence-electron chi connectivity index (χ2n) is 11.0. The van der Waals surface area contributed by atoms with Crippen LogP contribution >= 0.6 is 11.3 Å². The van der Waals surface area contributed by atoms with Crippen LogP contribution in [0.1, 0.15) is 68.7 Å². The van der Waals surface area contributed by atoms with E-state index < -0.39 is 34.4 Å². The van der Waals surface area contributed by atoms with E-state index in [0.29, 0.717) is 11.5 Å². The summed E-state index contributed by atoms with van der Waals surface area (Å²) in [7, 11) is 0. The van der Waals surface area contributed by atoms with Crippen LogP contribution in [-0.2, 0) is 4.74 Å². The maximum atomic E-state index is 14.1. The maximum Gasteiger partial charge on any atom is 0.430 e. The Bertz CT molecular complexity index is 1650. The standard InChI is InChI=1S/C36H37F3N4O2S/c1-7-9-19-43(20-10-8-2)28-13-11-26(32(21-28)44-24-25(3)4)12-14-29-15-16-30(46-29)17-18-31-33(42-6)34(27(22-40)23-41)45-35(31,5)36(37,38)39/h11-18,21H,3,7-10,19-20,24H2,1-2,4-5H3/b14-12+,18-17+. The first-order valence-corrected chi connectivity index (χ1v) is 15.8. The summed E-state index contributed by atoms with van der Waals surface area (Å²) in [5.74, 6) is 0.0690. The van der Waals surface area contributed by atoms with Gasteiger partial charge in [0.2, 0.25) is 11.3 Å². The minimum absolute atomic E-state index is 0.381. The second-order valence-corrected chi connectivity index (χ2v) is 12.2. The summed E-state index contributed by atoms with van der Waals surface area (Å²) in [6.07, 6.45) is 5.98. The predicted octanol–water partition coefficient (Wildman–Crippen LogP) is 10.1. The van der Waals surface area contributed by atoms with Crippen LogP contribution in [0.15, 0.2) is 71.2 Å². The third kappa shape index (κ3) is 8.50. The van der Waals surface area contributed by atoms with E-state index >= 15 is 0 Å². The highest BCUT2D eigenvalue weighted by atomic mass is 32.1. The van der Waals surface area contributed by atoms with Crippen molar-refractivity contribution >= 4 is 35.3 Å². The Labute approximate surface area is 273 Å². The molecule has 0 amide bonds. The van der Waals surface area contributed by atoms with Crippen molar-refractivity contribution in [1.82, 2.24) is 0 Å². The molecule has 1 atom stereocenters. The van der Waals surface area contributed by atoms with Gasteiger partial charge in [-0.2, -0.15) is 23.7 Å². The number of nitrogens with zero attached hydrogens (tertiary/aromatic N) is 4. The zero-order valence-electron chi connectivity index (χ0n) is 26.5. The molecule has 0 bridgehead atoms. The molecule has 1 aromatic carbocycles. The number of hydrogen-bond donors (Lipinski definition) is 0. The predicted molar refractivity (Wildman–Crippen MR) is 178 cm³/mol. The molecule has 0 spiro atoms. The molecule has 6 nitrogen and oxygen atoms in total. The lowest BCUT2D eigenvalue weighted by atomic mass is 9.94. The quantitative estimate of drug-likeness (QED) is 0.116. The lowest BCUT2D eigenvalue weighted by Crippen LogP contribution is -2.43. The lowest BCUT2D eigenvalue weighted by Gasteiger charge is -2.29. The SMILES string of the molecule is [C-]#[N+]C1=C(/C=C/c2ccc(/C=C/c3ccc(N(CCCC)CCCC)cc3OCC(=C)C)s2)C(C)(C(F)(F)F)OC1=C(C#N)C#N. The molecule has 1 unspecified atom stereocenters. The van der Waals surface area contributed by atoms with E-state index in [0.717, 1.165) is 73.1 Å². The summed E-state index contributed by atoms with van der Waals surface area (Å²) < 4.78 is 53.7. The van der Waals surface area contributed by atoms with Gasteiger partial charge in [0.1, 0.15) is 24.5 Å². The zero-order chi connectivity index (χ0) is 33.9. The highest BCUT2D eigenvalue weighted by molar-refractivity contribution is 7.13. The second kappa shape index (κ2) is 16.0. The molecule has 0 radical (unpaired) electrons. The molecule has 0 aliphatic carbocycles. The smallest absolute Gasteiger partial charge is 0.430 e. The van der Waals surface area contributed by atoms with Crippen molar-refractivity contribution in [2.75, 3.05) is 24.6 Å². The Balaban J connectivity index is 1.94. The first kappa shape index (κ1) is 35.8. The van der Waals surface area contributed by atoms with E-state index in [4.69, 9.17) is 16.0 Å². The molecule has 2 aromatic rings. The normalized spacial score (nSPS) is 16.3. The van der Waals surface area contributed by atoms with E-state index in [-0.39, 0.29) is 0 Å². The largest absolute Gasteiger partial charge is 0.489 e. The highest BCUT2D eigenvalue weighted by Crippen LogP contribution is 2.50. The number of thiophene rings is 1. The molecule has 3 rings (SSSR count). The van der Waals surface area contributed by atoms with Crippen molar-refractivity contribution in [3.8, 4) is 17.9 Å². The average Bonchev–Trinajstić information content (AvgIpc) is 3.60. The molecular formula is C36H37F3N4O2S. The van der Waals surface area contributed by atoms with E-state index in [1.165, 1.54) is 35.6 Å². The van der Waals surface area contributed by atoms with Gasteiger partial charge in [-0.25, -0.2) is 4.85 Å². The molecule has 1 aromatic heterocycles. The fourth-order valence-corrected chi connectivity index (χ4v) is 5.46. The van der Waals surface area contributed by atoms with Gasteiger partial charge in [0.05, 0.1) is 6.57 Å². The van der Waals surface area contributed by atoms with Crippen LogP contribution in [0.5, 0.6) is 5.75 Å². The lowest BCUT2D eigenvalue weighted by molar-refractivity contribution is -0.236. The number of halogens is 3. The van der Waals surface area contributed by atoms with Crippen LogP contribution in [-0.4, -0.2) is 31.5 Å². The molecule has 240 valence electrons. The van der Waals surface area contributed by atoms with Crippen molar-refractivity contribution in [2.45, 2.75) is 65.2 Å². The molecule has 10 heteroatoms. The fourth-order valence-electron chi connectivity index (χ4n) is 4.65. The van der Waals surface area contributed by atoms with Crippen LogP contribution in [0.2, 0.25) is 0 Å². The van der Waals surface area contributed by atoms with E-state index in [9.17, 15) is 23.7 Å². The third-order valence-corrected chi connectivity index (χ3v) is 8.30. The van der Waals surface area contributed by atoms with Gasteiger partial charge in [-0.15, -0.1) is 11.3 Å². The summed E-state index contributed by atoms with van der Waals surface area (Å²) in [4.78, 5) is 7.07. The monoisotopic (exact) mass is 646 g/mol. The van der Waals surface area contributed by atoms with Crippen LogP contribution in [0.4, 0.5) is 18.9 Å². The van der Waals surface area contributed by atoms with Gasteiger partial charge in [-0.05, 0) is 74.8 Å². The third-order valence-electron chi connectivity index (χ3n) is 7.28. The molecule has 0 saturated heterocycles. The summed E-state index contributed by atoms with van der Waals surface area (Å²) >= 11 is 1.34. The molecular weight excluding hydrogens is 609 g/mol. The van der Waals surface area contributed by atoms with Gasteiger partial charge in [0, 0.05) is 45.7 Å². The Kier molecular flexibility index (Phi) is 12.5. The van der Waals surface area contributed by atoms with Crippen LogP contribution in [0, 0.1) is 29.2 Å². The summed E-state index contributed by atoms with van der Waals surface area (Å²) in [6.45, 7) is 20.8. The number of benzene rings is 1. The van der Waals surface area contributed by atoms with Crippen LogP contribution in [0.25, 0.3) is 23.1 Å². The van der Waals surface area contributed by atoms with Gasteiger partial charge in [-0.1, -0.05) is 39.3 Å². The van der Waals surface area contributed by atoms with Gasteiger partial charge >= 0.3 is 6.18 Å². The molecule has 0 saturated carbocycles. The first-order valence-electron chi connectivity index (χ1n) is 15.0. The van der Waals surface area contributed by atoms with Gasteiger partial charge in [0.25, 0.3) is 0 Å². The van der Waals surface area contributed by atoms with E-state index in [2.05, 4.69) is 42.3 Å². The topological polar surface area (TPSA) is 73.6 Å². The number of rotatable bonds is 14. The Morgan fingerprint density at radius 2 is 1.67 bits per heavy atom. The van der Waals surface area contributed by atoms with Crippen molar-refractivity contribution in [2.24, 2.45) is 0 Å². The Hall–Kier alpha value is -4.72. The minimum Gasteiger partial charge on any atom is -0.489 e. The zero-order valence-corrected chi connectivity index (χ0v) is 27.3. The molecule has 1 aliphatic rings. The molecule has 0 fully saturated rings. The maximum absolute atomic E-state index is 14.1. The van der Waals surface area contributed by atoms with E-state index in [1.54, 1.807) is 6.07 Å². The first-order chi connectivity index (χ1) is 21.9. The van der Waals surface area contributed by atoms with Crippen molar-refractivity contribution < 1.29 is 22.6 Å².